The van der Waals surface area contributed by atoms with Gasteiger partial charge in [0.15, 0.2) is 0 Å². The minimum absolute atomic E-state index is 0.311. The first-order valence-electron chi connectivity index (χ1n) is 11.4. The molecule has 37 heavy (non-hydrogen) atoms. The van der Waals surface area contributed by atoms with Crippen LogP contribution in [0.4, 0.5) is 22.7 Å². The number of nitrogens with zero attached hydrogens (tertiary/aromatic N) is 5. The highest BCUT2D eigenvalue weighted by molar-refractivity contribution is 5.99. The van der Waals surface area contributed by atoms with Crippen LogP contribution in [0.5, 0.6) is 0 Å². The van der Waals surface area contributed by atoms with E-state index in [1.54, 1.807) is 24.3 Å². The van der Waals surface area contributed by atoms with Crippen LogP contribution >= 0.6 is 0 Å². The van der Waals surface area contributed by atoms with Crippen LogP contribution in [-0.4, -0.2) is 0 Å². The maximum atomic E-state index is 9.65. The number of hydrogen-bond acceptors (Lipinski definition) is 4. The molecule has 5 nitrogen and oxygen atoms in total. The van der Waals surface area contributed by atoms with E-state index in [1.807, 2.05) is 60.7 Å². The summed E-state index contributed by atoms with van der Waals surface area (Å²) in [5, 5.41) is 30.6. The lowest BCUT2D eigenvalue weighted by atomic mass is 10.0. The topological polar surface area (TPSA) is 79.0 Å². The van der Waals surface area contributed by atoms with E-state index in [2.05, 4.69) is 46.2 Å². The molecule has 5 aromatic carbocycles. The van der Waals surface area contributed by atoms with Gasteiger partial charge >= 0.3 is 0 Å². The Morgan fingerprint density at radius 2 is 1.27 bits per heavy atom. The van der Waals surface area contributed by atoms with Crippen LogP contribution in [-0.2, 0) is 0 Å². The lowest BCUT2D eigenvalue weighted by molar-refractivity contribution is 1.29. The summed E-state index contributed by atoms with van der Waals surface area (Å²) in [5.74, 6) is 0. The van der Waals surface area contributed by atoms with Crippen molar-refractivity contribution >= 4 is 33.5 Å². The van der Waals surface area contributed by atoms with E-state index >= 15 is 0 Å². The zero-order chi connectivity index (χ0) is 25.8. The molecule has 0 aromatic heterocycles. The van der Waals surface area contributed by atoms with Crippen molar-refractivity contribution in [3.05, 3.63) is 131 Å². The van der Waals surface area contributed by atoms with Crippen molar-refractivity contribution < 1.29 is 0 Å². The fourth-order valence-electron chi connectivity index (χ4n) is 4.40. The van der Waals surface area contributed by atoms with Crippen LogP contribution in [0, 0.1) is 40.6 Å². The van der Waals surface area contributed by atoms with Crippen molar-refractivity contribution in [1.82, 2.24) is 0 Å². The number of rotatable bonds is 4. The van der Waals surface area contributed by atoms with Crippen molar-refractivity contribution in [2.45, 2.75) is 0 Å². The first kappa shape index (κ1) is 22.9. The van der Waals surface area contributed by atoms with Crippen molar-refractivity contribution in [3.63, 3.8) is 0 Å². The molecule has 0 N–H and O–H groups in total. The third kappa shape index (κ3) is 4.22. The molecule has 0 unspecified atom stereocenters. The summed E-state index contributed by atoms with van der Waals surface area (Å²) in [5.41, 5.74) is 5.63. The SMILES string of the molecule is [C-]#[N+]c1ccc(-c2ccc(N(c3ccc(C#N)c(C#N)c3)c3cccc4ccccc34)cc2)cc1C#N. The van der Waals surface area contributed by atoms with E-state index in [1.165, 1.54) is 0 Å². The van der Waals surface area contributed by atoms with Crippen LogP contribution in [0.15, 0.2) is 103 Å². The van der Waals surface area contributed by atoms with E-state index in [-0.39, 0.29) is 0 Å². The van der Waals surface area contributed by atoms with Crippen LogP contribution in [0.2, 0.25) is 0 Å². The zero-order valence-corrected chi connectivity index (χ0v) is 19.6. The van der Waals surface area contributed by atoms with Crippen LogP contribution in [0.1, 0.15) is 16.7 Å². The van der Waals surface area contributed by atoms with Gasteiger partial charge in [-0.1, -0.05) is 60.7 Å². The lowest BCUT2D eigenvalue weighted by Gasteiger charge is -2.27. The molecule has 5 heteroatoms. The van der Waals surface area contributed by atoms with Gasteiger partial charge in [0.05, 0.1) is 35.0 Å². The van der Waals surface area contributed by atoms with Gasteiger partial charge in [0.2, 0.25) is 5.69 Å². The molecular weight excluding hydrogens is 454 g/mol. The van der Waals surface area contributed by atoms with Crippen LogP contribution in [0.25, 0.3) is 26.7 Å². The summed E-state index contributed by atoms with van der Waals surface area (Å²) >= 11 is 0. The average molecular weight is 472 g/mol. The molecule has 0 aliphatic carbocycles. The highest BCUT2D eigenvalue weighted by Crippen LogP contribution is 2.40. The summed E-state index contributed by atoms with van der Waals surface area (Å²) in [6, 6.07) is 38.9. The summed E-state index contributed by atoms with van der Waals surface area (Å²) in [7, 11) is 0. The lowest BCUT2D eigenvalue weighted by Crippen LogP contribution is -2.11. The van der Waals surface area contributed by atoms with E-state index in [9.17, 15) is 15.8 Å². The minimum Gasteiger partial charge on any atom is -0.310 e. The molecule has 5 aromatic rings. The molecule has 0 bridgehead atoms. The number of hydrogen-bond donors (Lipinski definition) is 0. The zero-order valence-electron chi connectivity index (χ0n) is 19.6. The monoisotopic (exact) mass is 471 g/mol. The van der Waals surface area contributed by atoms with Gasteiger partial charge in [-0.05, 0) is 59.0 Å². The molecule has 170 valence electrons. The summed E-state index contributed by atoms with van der Waals surface area (Å²) in [6.45, 7) is 7.24. The summed E-state index contributed by atoms with van der Waals surface area (Å²) < 4.78 is 0. The highest BCUT2D eigenvalue weighted by atomic mass is 15.1. The first-order valence-corrected chi connectivity index (χ1v) is 11.4. The number of fused-ring (bicyclic) bond motifs is 1. The Labute approximate surface area is 214 Å². The van der Waals surface area contributed by atoms with Crippen molar-refractivity contribution in [2.24, 2.45) is 0 Å². The van der Waals surface area contributed by atoms with Crippen LogP contribution in [0.3, 0.4) is 0 Å². The molecule has 0 fully saturated rings. The molecular formula is C32H17N5. The molecule has 0 spiro atoms. The van der Waals surface area contributed by atoms with E-state index in [0.717, 1.165) is 39.0 Å². The maximum Gasteiger partial charge on any atom is 0.204 e. The fourth-order valence-corrected chi connectivity index (χ4v) is 4.40. The molecule has 0 aliphatic rings. The smallest absolute Gasteiger partial charge is 0.204 e. The van der Waals surface area contributed by atoms with Gasteiger partial charge in [-0.15, -0.1) is 0 Å². The maximum absolute atomic E-state index is 9.65. The summed E-state index contributed by atoms with van der Waals surface area (Å²) in [4.78, 5) is 5.48. The fraction of sp³-hybridized carbons (Fsp3) is 0. The van der Waals surface area contributed by atoms with Gasteiger partial charge in [0, 0.05) is 16.8 Å². The third-order valence-corrected chi connectivity index (χ3v) is 6.21. The Bertz CT molecular complexity index is 1820. The van der Waals surface area contributed by atoms with Crippen molar-refractivity contribution in [3.8, 4) is 29.3 Å². The summed E-state index contributed by atoms with van der Waals surface area (Å²) in [6.07, 6.45) is 0. The normalized spacial score (nSPS) is 10.1. The van der Waals surface area contributed by atoms with E-state index in [0.29, 0.717) is 22.4 Å². The number of anilines is 3. The largest absolute Gasteiger partial charge is 0.310 e. The average Bonchev–Trinajstić information content (AvgIpc) is 2.97. The Morgan fingerprint density at radius 1 is 0.595 bits per heavy atom. The van der Waals surface area contributed by atoms with Gasteiger partial charge in [-0.25, -0.2) is 4.85 Å². The van der Waals surface area contributed by atoms with Gasteiger partial charge in [0.25, 0.3) is 0 Å². The molecule has 0 aliphatic heterocycles. The van der Waals surface area contributed by atoms with Gasteiger partial charge in [-0.3, -0.25) is 0 Å². The number of benzene rings is 5. The second-order valence-corrected chi connectivity index (χ2v) is 8.29. The van der Waals surface area contributed by atoms with Gasteiger partial charge < -0.3 is 4.90 Å². The van der Waals surface area contributed by atoms with Gasteiger partial charge in [0.1, 0.15) is 12.1 Å². The van der Waals surface area contributed by atoms with Crippen molar-refractivity contribution in [1.29, 1.82) is 15.8 Å². The van der Waals surface area contributed by atoms with E-state index < -0.39 is 0 Å². The van der Waals surface area contributed by atoms with Crippen molar-refractivity contribution in [2.75, 3.05) is 4.90 Å². The molecule has 5 rings (SSSR count). The minimum atomic E-state index is 0.311. The molecule has 0 atom stereocenters. The third-order valence-electron chi connectivity index (χ3n) is 6.21. The standard InChI is InChI=1S/C32H17N5/c1-36-31-16-12-24(17-27(31)21-35)22-9-13-28(14-10-22)37(29-15-11-25(19-33)26(18-29)20-34)32-8-4-6-23-5-2-3-7-30(23)32/h2-18H. The van der Waals surface area contributed by atoms with E-state index in [4.69, 9.17) is 6.57 Å². The van der Waals surface area contributed by atoms with Gasteiger partial charge in [-0.2, -0.15) is 15.8 Å². The predicted octanol–water partition coefficient (Wildman–Crippen LogP) is 8.14. The Hall–Kier alpha value is -5.88. The first-order chi connectivity index (χ1) is 18.2. The molecule has 0 radical (unpaired) electrons. The quantitative estimate of drug-likeness (QED) is 0.248. The molecule has 0 heterocycles. The van der Waals surface area contributed by atoms with Crippen LogP contribution < -0.4 is 4.90 Å². The Balaban J connectivity index is 1.67. The second-order valence-electron chi connectivity index (χ2n) is 8.29. The second kappa shape index (κ2) is 9.77. The highest BCUT2D eigenvalue weighted by Gasteiger charge is 2.17. The molecule has 0 amide bonds. The molecule has 0 saturated carbocycles. The Morgan fingerprint density at radius 3 is 2.00 bits per heavy atom. The number of nitriles is 3. The molecule has 0 saturated heterocycles. The predicted molar refractivity (Wildman–Crippen MR) is 144 cm³/mol. The Kier molecular flexibility index (Phi) is 6.05.